The molecule has 3 N–H and O–H groups in total. The molecular weight excluding hydrogens is 242 g/mol. The molecule has 0 atom stereocenters. The Kier molecular flexibility index (Phi) is 5.03. The maximum absolute atomic E-state index is 11.5. The molecule has 104 valence electrons. The van der Waals surface area contributed by atoms with Gasteiger partial charge in [0.2, 0.25) is 0 Å². The van der Waals surface area contributed by atoms with Crippen molar-refractivity contribution < 1.29 is 9.53 Å². The van der Waals surface area contributed by atoms with Crippen molar-refractivity contribution >= 4 is 11.7 Å². The van der Waals surface area contributed by atoms with Gasteiger partial charge in [-0.15, -0.1) is 0 Å². The van der Waals surface area contributed by atoms with E-state index in [9.17, 15) is 4.79 Å². The highest BCUT2D eigenvalue weighted by atomic mass is 16.5. The number of anilines is 1. The van der Waals surface area contributed by atoms with Crippen molar-refractivity contribution in [2.75, 3.05) is 25.6 Å². The van der Waals surface area contributed by atoms with E-state index in [-0.39, 0.29) is 6.03 Å². The normalized spacial score (nSPS) is 13.9. The summed E-state index contributed by atoms with van der Waals surface area (Å²) in [7, 11) is 1.68. The molecule has 0 bridgehead atoms. The van der Waals surface area contributed by atoms with Crippen LogP contribution in [0.15, 0.2) is 24.3 Å². The van der Waals surface area contributed by atoms with Crippen molar-refractivity contribution in [3.63, 3.8) is 0 Å². The molecule has 0 radical (unpaired) electrons. The number of ether oxygens (including phenoxy) is 1. The van der Waals surface area contributed by atoms with E-state index in [0.29, 0.717) is 19.2 Å². The average molecular weight is 263 g/mol. The first kappa shape index (κ1) is 13.7. The van der Waals surface area contributed by atoms with Gasteiger partial charge in [0.15, 0.2) is 0 Å². The van der Waals surface area contributed by atoms with Gasteiger partial charge >= 0.3 is 6.03 Å². The number of hydrogen-bond donors (Lipinski definition) is 3. The highest BCUT2D eigenvalue weighted by molar-refractivity contribution is 5.74. The van der Waals surface area contributed by atoms with E-state index in [2.05, 4.69) is 16.0 Å². The number of methoxy groups -OCH3 is 1. The van der Waals surface area contributed by atoms with E-state index in [1.165, 1.54) is 0 Å². The topological polar surface area (TPSA) is 62.4 Å². The Labute approximate surface area is 113 Å². The molecule has 0 saturated heterocycles. The summed E-state index contributed by atoms with van der Waals surface area (Å²) in [4.78, 5) is 11.5. The number of amides is 2. The first-order valence-electron chi connectivity index (χ1n) is 6.64. The minimum Gasteiger partial charge on any atom is -0.383 e. The van der Waals surface area contributed by atoms with Gasteiger partial charge in [-0.05, 0) is 30.5 Å². The van der Waals surface area contributed by atoms with Gasteiger partial charge in [-0.3, -0.25) is 0 Å². The summed E-state index contributed by atoms with van der Waals surface area (Å²) >= 11 is 0. The Morgan fingerprint density at radius 2 is 2.05 bits per heavy atom. The van der Waals surface area contributed by atoms with Gasteiger partial charge in [0, 0.05) is 31.9 Å². The zero-order chi connectivity index (χ0) is 13.5. The first-order chi connectivity index (χ1) is 9.28. The Balaban J connectivity index is 1.69. The summed E-state index contributed by atoms with van der Waals surface area (Å²) in [6.07, 6.45) is 2.21. The van der Waals surface area contributed by atoms with Crippen LogP contribution in [0.1, 0.15) is 18.4 Å². The molecule has 1 aromatic carbocycles. The fourth-order valence-electron chi connectivity index (χ4n) is 1.68. The number of carbonyl (C=O) groups excluding carboxylic acids is 1. The Hall–Kier alpha value is -1.75. The van der Waals surface area contributed by atoms with Crippen molar-refractivity contribution in [2.24, 2.45) is 0 Å². The highest BCUT2D eigenvalue weighted by Gasteiger charge is 2.22. The summed E-state index contributed by atoms with van der Waals surface area (Å²) in [6.45, 7) is 2.03. The Morgan fingerprint density at radius 1 is 1.32 bits per heavy atom. The number of carbonyl (C=O) groups is 1. The van der Waals surface area contributed by atoms with Crippen LogP contribution in [0.2, 0.25) is 0 Å². The van der Waals surface area contributed by atoms with Gasteiger partial charge in [-0.2, -0.15) is 0 Å². The number of hydrogen-bond acceptors (Lipinski definition) is 3. The van der Waals surface area contributed by atoms with Crippen molar-refractivity contribution in [3.05, 3.63) is 29.8 Å². The summed E-state index contributed by atoms with van der Waals surface area (Å²) in [6, 6.07) is 8.34. The van der Waals surface area contributed by atoms with Crippen LogP contribution in [-0.4, -0.2) is 32.3 Å². The van der Waals surface area contributed by atoms with E-state index in [0.717, 1.165) is 30.6 Å². The SMILES string of the molecule is COCCNc1ccc(CNC(=O)NC2CC2)cc1. The van der Waals surface area contributed by atoms with Crippen LogP contribution >= 0.6 is 0 Å². The third kappa shape index (κ3) is 5.18. The van der Waals surface area contributed by atoms with Crippen molar-refractivity contribution in [1.29, 1.82) is 0 Å². The quantitative estimate of drug-likeness (QED) is 0.656. The first-order valence-corrected chi connectivity index (χ1v) is 6.64. The summed E-state index contributed by atoms with van der Waals surface area (Å²) in [5.41, 5.74) is 2.14. The van der Waals surface area contributed by atoms with Gasteiger partial charge in [0.05, 0.1) is 6.61 Å². The largest absolute Gasteiger partial charge is 0.383 e. The van der Waals surface area contributed by atoms with E-state index in [1.54, 1.807) is 7.11 Å². The zero-order valence-electron chi connectivity index (χ0n) is 11.2. The molecular formula is C14H21N3O2. The zero-order valence-corrected chi connectivity index (χ0v) is 11.2. The third-order valence-electron chi connectivity index (χ3n) is 2.95. The fraction of sp³-hybridized carbons (Fsp3) is 0.500. The molecule has 0 aromatic heterocycles. The predicted octanol–water partition coefficient (Wildman–Crippen LogP) is 1.71. The Bertz CT molecular complexity index is 402. The molecule has 1 aliphatic carbocycles. The molecule has 1 aliphatic rings. The molecule has 0 aliphatic heterocycles. The number of benzene rings is 1. The van der Waals surface area contributed by atoms with Gasteiger partial charge in [-0.25, -0.2) is 4.79 Å². The van der Waals surface area contributed by atoms with Gasteiger partial charge < -0.3 is 20.7 Å². The average Bonchev–Trinajstić information content (AvgIpc) is 3.22. The van der Waals surface area contributed by atoms with E-state index >= 15 is 0 Å². The molecule has 1 fully saturated rings. The van der Waals surface area contributed by atoms with Gasteiger partial charge in [-0.1, -0.05) is 12.1 Å². The molecule has 0 unspecified atom stereocenters. The molecule has 0 heterocycles. The number of rotatable bonds is 7. The van der Waals surface area contributed by atoms with Crippen LogP contribution in [0, 0.1) is 0 Å². The van der Waals surface area contributed by atoms with E-state index < -0.39 is 0 Å². The summed E-state index contributed by atoms with van der Waals surface area (Å²) in [5.74, 6) is 0. The molecule has 5 heteroatoms. The second kappa shape index (κ2) is 6.99. The molecule has 5 nitrogen and oxygen atoms in total. The minimum absolute atomic E-state index is 0.0789. The monoisotopic (exact) mass is 263 g/mol. The van der Waals surface area contributed by atoms with Crippen molar-refractivity contribution in [1.82, 2.24) is 10.6 Å². The van der Waals surface area contributed by atoms with Crippen LogP contribution < -0.4 is 16.0 Å². The third-order valence-corrected chi connectivity index (χ3v) is 2.95. The summed E-state index contributed by atoms with van der Waals surface area (Å²) in [5, 5.41) is 8.99. The lowest BCUT2D eigenvalue weighted by atomic mass is 10.2. The number of urea groups is 1. The predicted molar refractivity (Wildman–Crippen MR) is 75.2 cm³/mol. The van der Waals surface area contributed by atoms with Crippen LogP contribution in [0.3, 0.4) is 0 Å². The second-order valence-corrected chi connectivity index (χ2v) is 4.72. The lowest BCUT2D eigenvalue weighted by molar-refractivity contribution is 0.211. The summed E-state index contributed by atoms with van der Waals surface area (Å²) < 4.78 is 4.97. The van der Waals surface area contributed by atoms with Crippen molar-refractivity contribution in [3.8, 4) is 0 Å². The second-order valence-electron chi connectivity index (χ2n) is 4.72. The van der Waals surface area contributed by atoms with Gasteiger partial charge in [0.25, 0.3) is 0 Å². The van der Waals surface area contributed by atoms with Crippen molar-refractivity contribution in [2.45, 2.75) is 25.4 Å². The molecule has 0 spiro atoms. The van der Waals surface area contributed by atoms with Crippen LogP contribution in [-0.2, 0) is 11.3 Å². The fourth-order valence-corrected chi connectivity index (χ4v) is 1.68. The number of nitrogens with one attached hydrogen (secondary N) is 3. The molecule has 1 saturated carbocycles. The molecule has 2 rings (SSSR count). The standard InChI is InChI=1S/C14H21N3O2/c1-19-9-8-15-12-4-2-11(3-5-12)10-16-14(18)17-13-6-7-13/h2-5,13,15H,6-10H2,1H3,(H2,16,17,18). The van der Waals surface area contributed by atoms with E-state index in [1.807, 2.05) is 24.3 Å². The maximum Gasteiger partial charge on any atom is 0.315 e. The lowest BCUT2D eigenvalue weighted by Gasteiger charge is -2.08. The van der Waals surface area contributed by atoms with Crippen LogP contribution in [0.25, 0.3) is 0 Å². The van der Waals surface area contributed by atoms with Crippen LogP contribution in [0.5, 0.6) is 0 Å². The van der Waals surface area contributed by atoms with E-state index in [4.69, 9.17) is 4.74 Å². The van der Waals surface area contributed by atoms with Crippen LogP contribution in [0.4, 0.5) is 10.5 Å². The minimum atomic E-state index is -0.0789. The highest BCUT2D eigenvalue weighted by Crippen LogP contribution is 2.18. The molecule has 2 amide bonds. The maximum atomic E-state index is 11.5. The van der Waals surface area contributed by atoms with Gasteiger partial charge in [0.1, 0.15) is 0 Å². The molecule has 19 heavy (non-hydrogen) atoms. The lowest BCUT2D eigenvalue weighted by Crippen LogP contribution is -2.36. The molecule has 1 aromatic rings. The smallest absolute Gasteiger partial charge is 0.315 e. The Morgan fingerprint density at radius 3 is 2.68 bits per heavy atom.